The molecular formula is C28H27ClN6O. The summed E-state index contributed by atoms with van der Waals surface area (Å²) in [5, 5.41) is 0.336. The van der Waals surface area contributed by atoms with Crippen LogP contribution >= 0.6 is 11.6 Å². The summed E-state index contributed by atoms with van der Waals surface area (Å²) in [7, 11) is 0. The van der Waals surface area contributed by atoms with E-state index >= 15 is 0 Å². The number of aromatic nitrogens is 4. The lowest BCUT2D eigenvalue weighted by molar-refractivity contribution is 0.0595. The van der Waals surface area contributed by atoms with E-state index in [-0.39, 0.29) is 5.91 Å². The van der Waals surface area contributed by atoms with E-state index in [1.165, 1.54) is 0 Å². The third-order valence-corrected chi connectivity index (χ3v) is 6.61. The van der Waals surface area contributed by atoms with Crippen molar-refractivity contribution < 1.29 is 4.79 Å². The summed E-state index contributed by atoms with van der Waals surface area (Å²) < 4.78 is 0. The number of piperazine rings is 1. The Morgan fingerprint density at radius 2 is 1.61 bits per heavy atom. The first-order valence-electron chi connectivity index (χ1n) is 12.0. The van der Waals surface area contributed by atoms with Crippen LogP contribution in [-0.4, -0.2) is 67.9 Å². The van der Waals surface area contributed by atoms with Gasteiger partial charge < -0.3 is 4.90 Å². The van der Waals surface area contributed by atoms with Crippen LogP contribution in [0.2, 0.25) is 5.15 Å². The number of hydrogen-bond acceptors (Lipinski definition) is 6. The molecule has 8 heteroatoms. The predicted octanol–water partition coefficient (Wildman–Crippen LogP) is 5.09. The molecule has 4 aromatic rings. The van der Waals surface area contributed by atoms with Crippen molar-refractivity contribution in [3.63, 3.8) is 0 Å². The summed E-state index contributed by atoms with van der Waals surface area (Å²) >= 11 is 6.30. The Morgan fingerprint density at radius 3 is 2.31 bits per heavy atom. The Bertz CT molecular complexity index is 1350. The fourth-order valence-electron chi connectivity index (χ4n) is 4.34. The van der Waals surface area contributed by atoms with E-state index in [0.717, 1.165) is 42.9 Å². The molecule has 0 spiro atoms. The second kappa shape index (κ2) is 10.5. The van der Waals surface area contributed by atoms with Crippen LogP contribution in [-0.2, 0) is 0 Å². The zero-order valence-corrected chi connectivity index (χ0v) is 21.1. The van der Waals surface area contributed by atoms with Gasteiger partial charge in [0, 0.05) is 73.6 Å². The van der Waals surface area contributed by atoms with Gasteiger partial charge in [-0.15, -0.1) is 0 Å². The number of pyridine rings is 2. The first kappa shape index (κ1) is 24.0. The molecule has 4 heterocycles. The van der Waals surface area contributed by atoms with Crippen LogP contribution in [0.1, 0.15) is 24.2 Å². The lowest BCUT2D eigenvalue weighted by Crippen LogP contribution is -2.50. The first-order valence-corrected chi connectivity index (χ1v) is 12.4. The van der Waals surface area contributed by atoms with Crippen LogP contribution in [0.5, 0.6) is 0 Å². The number of carbonyl (C=O) groups is 1. The normalized spacial score (nSPS) is 14.3. The number of hydrogen-bond donors (Lipinski definition) is 0. The number of rotatable bonds is 5. The highest BCUT2D eigenvalue weighted by Gasteiger charge is 2.23. The van der Waals surface area contributed by atoms with Gasteiger partial charge in [-0.1, -0.05) is 29.8 Å². The van der Waals surface area contributed by atoms with Crippen LogP contribution in [0.3, 0.4) is 0 Å². The zero-order valence-electron chi connectivity index (χ0n) is 20.3. The highest BCUT2D eigenvalue weighted by molar-refractivity contribution is 6.29. The van der Waals surface area contributed by atoms with Crippen molar-refractivity contribution in [2.24, 2.45) is 0 Å². The highest BCUT2D eigenvalue weighted by atomic mass is 35.5. The van der Waals surface area contributed by atoms with Crippen molar-refractivity contribution in [3.05, 3.63) is 83.9 Å². The SMILES string of the molecule is CC(C)N1CCN(C(=O)c2ccc(-c3cncc(-c4cc(Cl)nc(-c5ccccn5)n4)c3)cc2)CC1. The molecule has 0 atom stereocenters. The van der Waals surface area contributed by atoms with Gasteiger partial charge in [0.15, 0.2) is 5.82 Å². The number of nitrogens with zero attached hydrogens (tertiary/aromatic N) is 6. The summed E-state index contributed by atoms with van der Waals surface area (Å²) in [6.45, 7) is 7.72. The fraction of sp³-hybridized carbons (Fsp3) is 0.250. The molecule has 0 aliphatic carbocycles. The third-order valence-electron chi connectivity index (χ3n) is 6.42. The maximum atomic E-state index is 13.0. The number of benzene rings is 1. The standard InChI is InChI=1S/C28H27ClN6O/c1-19(2)34-11-13-35(14-12-34)28(36)21-8-6-20(7-9-21)22-15-23(18-30-17-22)25-16-26(29)33-27(32-25)24-5-3-4-10-31-24/h3-10,15-19H,11-14H2,1-2H3. The largest absolute Gasteiger partial charge is 0.336 e. The summed E-state index contributed by atoms with van der Waals surface area (Å²) in [6.07, 6.45) is 5.24. The van der Waals surface area contributed by atoms with Crippen molar-refractivity contribution in [3.8, 4) is 33.9 Å². The van der Waals surface area contributed by atoms with Gasteiger partial charge in [-0.3, -0.25) is 19.7 Å². The monoisotopic (exact) mass is 498 g/mol. The molecule has 0 bridgehead atoms. The predicted molar refractivity (Wildman–Crippen MR) is 142 cm³/mol. The molecule has 1 aliphatic rings. The van der Waals surface area contributed by atoms with Crippen LogP contribution < -0.4 is 0 Å². The highest BCUT2D eigenvalue weighted by Crippen LogP contribution is 2.27. The summed E-state index contributed by atoms with van der Waals surface area (Å²) in [6, 6.07) is 17.5. The second-order valence-corrected chi connectivity index (χ2v) is 9.46. The molecule has 3 aromatic heterocycles. The molecule has 0 radical (unpaired) electrons. The molecule has 0 N–H and O–H groups in total. The molecule has 0 unspecified atom stereocenters. The Hall–Kier alpha value is -3.68. The Kier molecular flexibility index (Phi) is 7.02. The van der Waals surface area contributed by atoms with Crippen molar-refractivity contribution in [2.45, 2.75) is 19.9 Å². The average Bonchev–Trinajstić information content (AvgIpc) is 2.93. The molecule has 182 valence electrons. The third kappa shape index (κ3) is 5.27. The Morgan fingerprint density at radius 1 is 0.861 bits per heavy atom. The van der Waals surface area contributed by atoms with Crippen molar-refractivity contribution in [1.82, 2.24) is 29.7 Å². The molecule has 1 saturated heterocycles. The van der Waals surface area contributed by atoms with Crippen molar-refractivity contribution >= 4 is 17.5 Å². The molecule has 1 aromatic carbocycles. The maximum Gasteiger partial charge on any atom is 0.253 e. The minimum Gasteiger partial charge on any atom is -0.336 e. The van der Waals surface area contributed by atoms with Crippen LogP contribution in [0, 0.1) is 0 Å². The van der Waals surface area contributed by atoms with Gasteiger partial charge in [0.2, 0.25) is 0 Å². The first-order chi connectivity index (χ1) is 17.5. The van der Waals surface area contributed by atoms with Gasteiger partial charge in [0.1, 0.15) is 10.8 Å². The lowest BCUT2D eigenvalue weighted by Gasteiger charge is -2.37. The van der Waals surface area contributed by atoms with E-state index in [4.69, 9.17) is 11.6 Å². The molecule has 1 amide bonds. The molecule has 5 rings (SSSR count). The van der Waals surface area contributed by atoms with E-state index in [1.807, 2.05) is 53.4 Å². The fourth-order valence-corrected chi connectivity index (χ4v) is 4.53. The smallest absolute Gasteiger partial charge is 0.253 e. The van der Waals surface area contributed by atoms with E-state index in [9.17, 15) is 4.79 Å². The maximum absolute atomic E-state index is 13.0. The van der Waals surface area contributed by atoms with Crippen molar-refractivity contribution in [2.75, 3.05) is 26.2 Å². The Labute approximate surface area is 215 Å². The number of amides is 1. The molecular weight excluding hydrogens is 472 g/mol. The molecule has 1 aliphatic heterocycles. The topological polar surface area (TPSA) is 75.1 Å². The van der Waals surface area contributed by atoms with Gasteiger partial charge >= 0.3 is 0 Å². The van der Waals surface area contributed by atoms with E-state index in [1.54, 1.807) is 24.7 Å². The number of halogens is 1. The molecule has 0 saturated carbocycles. The van der Waals surface area contributed by atoms with Crippen molar-refractivity contribution in [1.29, 1.82) is 0 Å². The molecule has 7 nitrogen and oxygen atoms in total. The van der Waals surface area contributed by atoms with Gasteiger partial charge in [0.05, 0.1) is 5.69 Å². The van der Waals surface area contributed by atoms with E-state index in [2.05, 4.69) is 38.7 Å². The van der Waals surface area contributed by atoms with Crippen LogP contribution in [0.25, 0.3) is 33.9 Å². The van der Waals surface area contributed by atoms with E-state index < -0.39 is 0 Å². The van der Waals surface area contributed by atoms with Gasteiger partial charge in [-0.05, 0) is 49.7 Å². The quantitative estimate of drug-likeness (QED) is 0.357. The minimum absolute atomic E-state index is 0.0783. The second-order valence-electron chi connectivity index (χ2n) is 9.08. The van der Waals surface area contributed by atoms with Crippen LogP contribution in [0.15, 0.2) is 73.2 Å². The Balaban J connectivity index is 1.35. The summed E-state index contributed by atoms with van der Waals surface area (Å²) in [5.74, 6) is 0.537. The summed E-state index contributed by atoms with van der Waals surface area (Å²) in [5.41, 5.74) is 4.72. The van der Waals surface area contributed by atoms with Gasteiger partial charge in [-0.2, -0.15) is 0 Å². The van der Waals surface area contributed by atoms with E-state index in [0.29, 0.717) is 34.0 Å². The number of carbonyl (C=O) groups excluding carboxylic acids is 1. The zero-order chi connectivity index (χ0) is 25.1. The molecule has 36 heavy (non-hydrogen) atoms. The minimum atomic E-state index is 0.0783. The summed E-state index contributed by atoms with van der Waals surface area (Å²) in [4.78, 5) is 35.1. The van der Waals surface area contributed by atoms with Gasteiger partial charge in [-0.25, -0.2) is 9.97 Å². The lowest BCUT2D eigenvalue weighted by atomic mass is 10.0. The molecule has 1 fully saturated rings. The van der Waals surface area contributed by atoms with Crippen LogP contribution in [0.4, 0.5) is 0 Å². The average molecular weight is 499 g/mol. The van der Waals surface area contributed by atoms with Gasteiger partial charge in [0.25, 0.3) is 5.91 Å².